The lowest BCUT2D eigenvalue weighted by Gasteiger charge is -2.26. The molecule has 1 aliphatic heterocycles. The van der Waals surface area contributed by atoms with E-state index in [1.54, 1.807) is 0 Å². The number of ether oxygens (including phenoxy) is 1. The molecule has 0 spiro atoms. The summed E-state index contributed by atoms with van der Waals surface area (Å²) in [4.78, 5) is 2.43. The maximum absolute atomic E-state index is 5.26. The molecular weight excluding hydrogens is 235 g/mol. The SMILES string of the molecule is C#CCNCCCN1CCOCC1.Cl.Cl. The molecular formula is C10H20Cl2N2O. The van der Waals surface area contributed by atoms with Crippen molar-refractivity contribution in [2.75, 3.05) is 45.9 Å². The molecule has 0 atom stereocenters. The Morgan fingerprint density at radius 3 is 2.53 bits per heavy atom. The minimum Gasteiger partial charge on any atom is -0.379 e. The van der Waals surface area contributed by atoms with Gasteiger partial charge in [0.1, 0.15) is 0 Å². The van der Waals surface area contributed by atoms with Crippen molar-refractivity contribution in [1.82, 2.24) is 10.2 Å². The van der Waals surface area contributed by atoms with Gasteiger partial charge in [0.05, 0.1) is 19.8 Å². The fraction of sp³-hybridized carbons (Fsp3) is 0.800. The number of hydrogen-bond acceptors (Lipinski definition) is 3. The first-order valence-electron chi connectivity index (χ1n) is 4.88. The maximum Gasteiger partial charge on any atom is 0.0594 e. The van der Waals surface area contributed by atoms with Gasteiger partial charge >= 0.3 is 0 Å². The molecule has 1 rings (SSSR count). The van der Waals surface area contributed by atoms with E-state index in [2.05, 4.69) is 16.1 Å². The van der Waals surface area contributed by atoms with E-state index < -0.39 is 0 Å². The van der Waals surface area contributed by atoms with Gasteiger partial charge in [-0.25, -0.2) is 0 Å². The van der Waals surface area contributed by atoms with Gasteiger partial charge in [0.15, 0.2) is 0 Å². The second-order valence-corrected chi connectivity index (χ2v) is 3.19. The zero-order valence-corrected chi connectivity index (χ0v) is 10.5. The van der Waals surface area contributed by atoms with Crippen LogP contribution in [0.1, 0.15) is 6.42 Å². The van der Waals surface area contributed by atoms with Crippen molar-refractivity contribution < 1.29 is 4.74 Å². The normalized spacial score (nSPS) is 15.9. The summed E-state index contributed by atoms with van der Waals surface area (Å²) >= 11 is 0. The highest BCUT2D eigenvalue weighted by Gasteiger charge is 2.08. The van der Waals surface area contributed by atoms with Crippen LogP contribution in [0.3, 0.4) is 0 Å². The molecule has 1 saturated heterocycles. The van der Waals surface area contributed by atoms with E-state index in [0.717, 1.165) is 39.4 Å². The Morgan fingerprint density at radius 1 is 1.27 bits per heavy atom. The topological polar surface area (TPSA) is 24.5 Å². The Bertz CT molecular complexity index is 167. The van der Waals surface area contributed by atoms with Crippen LogP contribution in [0.2, 0.25) is 0 Å². The monoisotopic (exact) mass is 254 g/mol. The molecule has 0 unspecified atom stereocenters. The number of rotatable bonds is 5. The highest BCUT2D eigenvalue weighted by molar-refractivity contribution is 5.85. The smallest absolute Gasteiger partial charge is 0.0594 e. The average Bonchev–Trinajstić information content (AvgIpc) is 2.19. The molecule has 0 bridgehead atoms. The number of morpholine rings is 1. The van der Waals surface area contributed by atoms with Gasteiger partial charge in [-0.1, -0.05) is 5.92 Å². The van der Waals surface area contributed by atoms with Gasteiger partial charge in [0.2, 0.25) is 0 Å². The zero-order chi connectivity index (χ0) is 9.36. The number of halogens is 2. The minimum atomic E-state index is 0. The predicted octanol–water partition coefficient (Wildman–Crippen LogP) is 0.775. The van der Waals surface area contributed by atoms with E-state index in [1.165, 1.54) is 6.42 Å². The molecule has 0 aromatic rings. The van der Waals surface area contributed by atoms with E-state index in [-0.39, 0.29) is 24.8 Å². The number of nitrogens with one attached hydrogen (secondary N) is 1. The standard InChI is InChI=1S/C10H18N2O.2ClH/c1-2-4-11-5-3-6-12-7-9-13-10-8-12;;/h1,11H,3-10H2;2*1H. The summed E-state index contributed by atoms with van der Waals surface area (Å²) in [6, 6.07) is 0. The summed E-state index contributed by atoms with van der Waals surface area (Å²) in [5, 5.41) is 3.18. The van der Waals surface area contributed by atoms with Gasteiger partial charge < -0.3 is 10.1 Å². The Labute approximate surface area is 105 Å². The van der Waals surface area contributed by atoms with E-state index in [0.29, 0.717) is 6.54 Å². The second kappa shape index (κ2) is 12.1. The summed E-state index contributed by atoms with van der Waals surface area (Å²) in [6.45, 7) is 6.78. The van der Waals surface area contributed by atoms with E-state index in [9.17, 15) is 0 Å². The van der Waals surface area contributed by atoms with Gasteiger partial charge in [0, 0.05) is 13.1 Å². The molecule has 0 amide bonds. The average molecular weight is 255 g/mol. The predicted molar refractivity (Wildman–Crippen MR) is 68.1 cm³/mol. The van der Waals surface area contributed by atoms with Crippen LogP contribution in [0.25, 0.3) is 0 Å². The highest BCUT2D eigenvalue weighted by Crippen LogP contribution is 1.96. The zero-order valence-electron chi connectivity index (χ0n) is 8.91. The Hall–Kier alpha value is 0.0200. The highest BCUT2D eigenvalue weighted by atomic mass is 35.5. The summed E-state index contributed by atoms with van der Waals surface area (Å²) in [5.41, 5.74) is 0. The lowest BCUT2D eigenvalue weighted by molar-refractivity contribution is 0.0375. The molecule has 15 heavy (non-hydrogen) atoms. The quantitative estimate of drug-likeness (QED) is 0.580. The van der Waals surface area contributed by atoms with E-state index >= 15 is 0 Å². The lowest BCUT2D eigenvalue weighted by atomic mass is 10.3. The third-order valence-corrected chi connectivity index (χ3v) is 2.16. The van der Waals surface area contributed by atoms with Crippen LogP contribution < -0.4 is 5.32 Å². The fourth-order valence-electron chi connectivity index (χ4n) is 1.41. The fourth-order valence-corrected chi connectivity index (χ4v) is 1.41. The van der Waals surface area contributed by atoms with Crippen LogP contribution >= 0.6 is 24.8 Å². The molecule has 90 valence electrons. The first-order valence-corrected chi connectivity index (χ1v) is 4.88. The first kappa shape index (κ1) is 17.4. The molecule has 0 saturated carbocycles. The van der Waals surface area contributed by atoms with Gasteiger partial charge in [0.25, 0.3) is 0 Å². The lowest BCUT2D eigenvalue weighted by Crippen LogP contribution is -2.37. The van der Waals surface area contributed by atoms with Crippen LogP contribution in [0.4, 0.5) is 0 Å². The summed E-state index contributed by atoms with van der Waals surface area (Å²) in [5.74, 6) is 2.56. The largest absolute Gasteiger partial charge is 0.379 e. The first-order chi connectivity index (χ1) is 6.43. The van der Waals surface area contributed by atoms with Crippen LogP contribution in [0, 0.1) is 12.3 Å². The van der Waals surface area contributed by atoms with Crippen molar-refractivity contribution >= 4 is 24.8 Å². The molecule has 0 aromatic carbocycles. The summed E-state index contributed by atoms with van der Waals surface area (Å²) in [6.07, 6.45) is 6.28. The van der Waals surface area contributed by atoms with E-state index in [4.69, 9.17) is 11.2 Å². The second-order valence-electron chi connectivity index (χ2n) is 3.19. The van der Waals surface area contributed by atoms with Crippen molar-refractivity contribution in [3.63, 3.8) is 0 Å². The van der Waals surface area contributed by atoms with Gasteiger partial charge in [-0.15, -0.1) is 31.2 Å². The Morgan fingerprint density at radius 2 is 1.93 bits per heavy atom. The van der Waals surface area contributed by atoms with Crippen molar-refractivity contribution in [3.05, 3.63) is 0 Å². The van der Waals surface area contributed by atoms with Crippen molar-refractivity contribution in [2.24, 2.45) is 0 Å². The molecule has 0 radical (unpaired) electrons. The van der Waals surface area contributed by atoms with Crippen molar-refractivity contribution in [1.29, 1.82) is 0 Å². The number of hydrogen-bond donors (Lipinski definition) is 1. The summed E-state index contributed by atoms with van der Waals surface area (Å²) in [7, 11) is 0. The van der Waals surface area contributed by atoms with Crippen LogP contribution in [0.5, 0.6) is 0 Å². The Balaban J connectivity index is 0. The van der Waals surface area contributed by atoms with Crippen LogP contribution in [-0.2, 0) is 4.74 Å². The molecule has 1 aliphatic rings. The third kappa shape index (κ3) is 8.98. The van der Waals surface area contributed by atoms with Gasteiger partial charge in [-0.3, -0.25) is 4.90 Å². The molecule has 0 aliphatic carbocycles. The van der Waals surface area contributed by atoms with Gasteiger partial charge in [-0.2, -0.15) is 0 Å². The Kier molecular flexibility index (Phi) is 14.0. The minimum absolute atomic E-state index is 0. The molecule has 0 aromatic heterocycles. The van der Waals surface area contributed by atoms with Crippen LogP contribution in [-0.4, -0.2) is 50.8 Å². The maximum atomic E-state index is 5.26. The van der Waals surface area contributed by atoms with Crippen molar-refractivity contribution in [2.45, 2.75) is 6.42 Å². The van der Waals surface area contributed by atoms with E-state index in [1.807, 2.05) is 0 Å². The number of terminal acetylenes is 1. The molecule has 1 N–H and O–H groups in total. The number of nitrogens with zero attached hydrogens (tertiary/aromatic N) is 1. The summed E-state index contributed by atoms with van der Waals surface area (Å²) < 4.78 is 5.26. The van der Waals surface area contributed by atoms with Crippen molar-refractivity contribution in [3.8, 4) is 12.3 Å². The van der Waals surface area contributed by atoms with Crippen LogP contribution in [0.15, 0.2) is 0 Å². The third-order valence-electron chi connectivity index (χ3n) is 2.16. The van der Waals surface area contributed by atoms with Gasteiger partial charge in [-0.05, 0) is 19.5 Å². The molecule has 1 heterocycles. The molecule has 5 heteroatoms. The molecule has 1 fully saturated rings. The molecule has 3 nitrogen and oxygen atoms in total.